The zero-order valence-corrected chi connectivity index (χ0v) is 24.0. The number of nitrogens with zero attached hydrogens (tertiary/aromatic N) is 4. The molecule has 1 aliphatic rings. The summed E-state index contributed by atoms with van der Waals surface area (Å²) in [7, 11) is 0. The quantitative estimate of drug-likeness (QED) is 0.222. The molecule has 0 radical (unpaired) electrons. The van der Waals surface area contributed by atoms with Crippen molar-refractivity contribution in [3.8, 4) is 0 Å². The van der Waals surface area contributed by atoms with Crippen LogP contribution in [0.25, 0.3) is 10.6 Å². The van der Waals surface area contributed by atoms with Crippen LogP contribution in [-0.4, -0.2) is 22.1 Å². The van der Waals surface area contributed by atoms with Gasteiger partial charge in [-0.25, -0.2) is 0 Å². The van der Waals surface area contributed by atoms with E-state index in [9.17, 15) is 0 Å². The van der Waals surface area contributed by atoms with Crippen LogP contribution >= 0.6 is 0 Å². The zero-order valence-electron chi connectivity index (χ0n) is 21.5. The number of pyridine rings is 2. The average molecular weight is 568 g/mol. The average Bonchev–Trinajstić information content (AvgIpc) is 2.94. The maximum atomic E-state index is 4.90. The summed E-state index contributed by atoms with van der Waals surface area (Å²) in [5.74, 6) is 0. The van der Waals surface area contributed by atoms with Gasteiger partial charge in [0.25, 0.3) is 0 Å². The topological polar surface area (TPSA) is 54.0 Å². The Labute approximate surface area is 242 Å². The van der Waals surface area contributed by atoms with Gasteiger partial charge < -0.3 is 10.6 Å². The molecule has 0 spiro atoms. The molecule has 4 aromatic rings. The van der Waals surface area contributed by atoms with Crippen LogP contribution in [0.1, 0.15) is 47.9 Å². The van der Waals surface area contributed by atoms with Gasteiger partial charge in [0.1, 0.15) is 0 Å². The minimum absolute atomic E-state index is 0. The summed E-state index contributed by atoms with van der Waals surface area (Å²) in [6.45, 7) is 8.94. The van der Waals surface area contributed by atoms with Crippen LogP contribution in [0, 0.1) is 13.8 Å². The Morgan fingerprint density at radius 3 is 1.30 bits per heavy atom. The van der Waals surface area contributed by atoms with Gasteiger partial charge in [-0.1, -0.05) is 61.1 Å². The van der Waals surface area contributed by atoms with Crippen molar-refractivity contribution in [2.24, 2.45) is 0 Å². The summed E-state index contributed by atoms with van der Waals surface area (Å²) in [5, 5.41) is 9.80. The first-order valence-electron chi connectivity index (χ1n) is 12.6. The van der Waals surface area contributed by atoms with Crippen LogP contribution in [0.5, 0.6) is 0 Å². The normalized spacial score (nSPS) is 16.1. The molecule has 2 atom stereocenters. The molecular weight excluding hydrogens is 532 g/mol. The Morgan fingerprint density at radius 2 is 1.00 bits per heavy atom. The van der Waals surface area contributed by atoms with E-state index in [1.807, 2.05) is 85.2 Å². The Bertz CT molecular complexity index is 974. The second-order valence-corrected chi connectivity index (χ2v) is 8.79. The summed E-state index contributed by atoms with van der Waals surface area (Å²) in [5.41, 5.74) is 4.50. The summed E-state index contributed by atoms with van der Waals surface area (Å²) in [4.78, 5) is 8.31. The van der Waals surface area contributed by atoms with Crippen LogP contribution in [0.2, 0.25) is 0 Å². The minimum atomic E-state index is 0. The van der Waals surface area contributed by atoms with Crippen LogP contribution in [0.4, 0.5) is 0 Å². The Morgan fingerprint density at radius 1 is 0.595 bits per heavy atom. The predicted octanol–water partition coefficient (Wildman–Crippen LogP) is 7.97. The molecule has 0 saturated heterocycles. The number of aromatic nitrogens is 2. The summed E-state index contributed by atoms with van der Waals surface area (Å²) in [6, 6.07) is 28.6. The molecule has 0 N–H and O–H groups in total. The molecule has 2 aromatic carbocycles. The largest absolute Gasteiger partial charge is 4.00 e. The second kappa shape index (κ2) is 18.5. The van der Waals surface area contributed by atoms with Crippen LogP contribution in [-0.2, 0) is 39.3 Å². The molecular formula is C32H36N4Zr. The third-order valence-electron chi connectivity index (χ3n) is 5.84. The number of benzene rings is 2. The van der Waals surface area contributed by atoms with E-state index in [2.05, 4.69) is 35.9 Å². The van der Waals surface area contributed by atoms with E-state index in [4.69, 9.17) is 10.6 Å². The molecule has 2 heterocycles. The van der Waals surface area contributed by atoms with Crippen molar-refractivity contribution >= 4 is 0 Å². The van der Waals surface area contributed by atoms with E-state index in [-0.39, 0.29) is 26.2 Å². The van der Waals surface area contributed by atoms with E-state index in [1.54, 1.807) is 12.4 Å². The molecule has 37 heavy (non-hydrogen) atoms. The second-order valence-electron chi connectivity index (χ2n) is 8.79. The first-order chi connectivity index (χ1) is 17.7. The molecule has 1 saturated carbocycles. The molecule has 2 aromatic heterocycles. The summed E-state index contributed by atoms with van der Waals surface area (Å²) >= 11 is 0. The van der Waals surface area contributed by atoms with Gasteiger partial charge in [-0.15, -0.1) is 37.4 Å². The monoisotopic (exact) mass is 566 g/mol. The molecule has 0 bridgehead atoms. The third kappa shape index (κ3) is 12.9. The van der Waals surface area contributed by atoms with E-state index in [1.165, 1.54) is 24.0 Å². The van der Waals surface area contributed by atoms with Crippen molar-refractivity contribution in [3.63, 3.8) is 0 Å². The molecule has 5 heteroatoms. The fourth-order valence-corrected chi connectivity index (χ4v) is 3.90. The predicted molar refractivity (Wildman–Crippen MR) is 150 cm³/mol. The molecule has 188 valence electrons. The SMILES string of the molecule is [CH2-]c1ccccc1.[CH2-]c1ccccc1.[Zr+4].c1cncc(C[N-][C@@H]2CCCC[C@H]2[N-]Cc2cccnc2)c1. The first kappa shape index (κ1) is 30.5. The van der Waals surface area contributed by atoms with Gasteiger partial charge in [-0.2, -0.15) is 61.3 Å². The molecule has 1 fully saturated rings. The van der Waals surface area contributed by atoms with E-state index in [0.717, 1.165) is 37.1 Å². The smallest absolute Gasteiger partial charge is 0.657 e. The van der Waals surface area contributed by atoms with Crippen molar-refractivity contribution in [1.82, 2.24) is 9.97 Å². The van der Waals surface area contributed by atoms with E-state index >= 15 is 0 Å². The minimum Gasteiger partial charge on any atom is -0.657 e. The number of hydrogen-bond acceptors (Lipinski definition) is 2. The Hall–Kier alpha value is -2.72. The van der Waals surface area contributed by atoms with Gasteiger partial charge >= 0.3 is 26.2 Å². The standard InChI is InChI=1S/C18H22N4.2C7H7.Zr/c1-2-8-18(22-14-16-6-4-10-20-12-16)17(7-1)21-13-15-5-3-9-19-11-15;2*1-7-5-3-2-4-6-7;/h3-6,9-12,17-18H,1-2,7-8,13-14H2;2*2-6H,1H2;/q-2;2*-1;+4/t17-,18-;;;/m1.../s1. The maximum absolute atomic E-state index is 4.90. The summed E-state index contributed by atoms with van der Waals surface area (Å²) < 4.78 is 0. The van der Waals surface area contributed by atoms with Gasteiger partial charge in [-0.05, 0) is 12.1 Å². The molecule has 0 amide bonds. The molecule has 1 aliphatic carbocycles. The first-order valence-corrected chi connectivity index (χ1v) is 12.6. The van der Waals surface area contributed by atoms with Crippen LogP contribution < -0.4 is 0 Å². The molecule has 5 rings (SSSR count). The van der Waals surface area contributed by atoms with Gasteiger partial charge in [0, 0.05) is 24.8 Å². The third-order valence-corrected chi connectivity index (χ3v) is 5.84. The van der Waals surface area contributed by atoms with E-state index < -0.39 is 0 Å². The van der Waals surface area contributed by atoms with Gasteiger partial charge in [0.15, 0.2) is 0 Å². The van der Waals surface area contributed by atoms with Gasteiger partial charge in [0.2, 0.25) is 0 Å². The summed E-state index contributed by atoms with van der Waals surface area (Å²) in [6.07, 6.45) is 12.2. The Balaban J connectivity index is 0.000000262. The van der Waals surface area contributed by atoms with Crippen molar-refractivity contribution in [2.45, 2.75) is 50.9 Å². The van der Waals surface area contributed by atoms with Crippen LogP contribution in [0.3, 0.4) is 0 Å². The fourth-order valence-electron chi connectivity index (χ4n) is 3.90. The Kier molecular flexibility index (Phi) is 15.3. The van der Waals surface area contributed by atoms with Gasteiger partial charge in [0.05, 0.1) is 0 Å². The number of rotatable bonds is 6. The maximum Gasteiger partial charge on any atom is 4.00 e. The van der Waals surface area contributed by atoms with E-state index in [0.29, 0.717) is 12.1 Å². The fraction of sp³-hybridized carbons (Fsp3) is 0.250. The van der Waals surface area contributed by atoms with Crippen molar-refractivity contribution < 1.29 is 26.2 Å². The molecule has 0 aliphatic heterocycles. The van der Waals surface area contributed by atoms with Crippen molar-refractivity contribution in [1.29, 1.82) is 0 Å². The molecule has 0 unspecified atom stereocenters. The molecule has 4 nitrogen and oxygen atoms in total. The number of hydrogen-bond donors (Lipinski definition) is 0. The van der Waals surface area contributed by atoms with Crippen LogP contribution in [0.15, 0.2) is 110 Å². The van der Waals surface area contributed by atoms with Gasteiger partial charge in [-0.3, -0.25) is 9.97 Å². The zero-order chi connectivity index (χ0) is 25.3. The van der Waals surface area contributed by atoms with Crippen molar-refractivity contribution in [3.05, 3.63) is 156 Å². The van der Waals surface area contributed by atoms with Crippen molar-refractivity contribution in [2.75, 3.05) is 0 Å².